The Balaban J connectivity index is 3.41. The smallest absolute Gasteiger partial charge is 0.0912 e. The molecule has 0 saturated carbocycles. The summed E-state index contributed by atoms with van der Waals surface area (Å²) in [4.78, 5) is 0. The molecule has 14 heavy (non-hydrogen) atoms. The van der Waals surface area contributed by atoms with Crippen LogP contribution in [0.4, 0.5) is 0 Å². The molecule has 0 aromatic heterocycles. The van der Waals surface area contributed by atoms with Gasteiger partial charge in [0.15, 0.2) is 0 Å². The lowest BCUT2D eigenvalue weighted by atomic mass is 9.94. The maximum atomic E-state index is 8.51. The van der Waals surface area contributed by atoms with Gasteiger partial charge in [-0.05, 0) is 61.6 Å². The fourth-order valence-electron chi connectivity index (χ4n) is 1.62. The van der Waals surface area contributed by atoms with Crippen molar-refractivity contribution in [2.24, 2.45) is 0 Å². The van der Waals surface area contributed by atoms with Crippen molar-refractivity contribution >= 4 is 6.08 Å². The number of nitriles is 1. The van der Waals surface area contributed by atoms with Crippen LogP contribution in [-0.4, -0.2) is 0 Å². The van der Waals surface area contributed by atoms with Crippen LogP contribution in [0.5, 0.6) is 0 Å². The highest BCUT2D eigenvalue weighted by molar-refractivity contribution is 5.62. The Bertz CT molecular complexity index is 394. The van der Waals surface area contributed by atoms with Gasteiger partial charge in [-0.15, -0.1) is 0 Å². The summed E-state index contributed by atoms with van der Waals surface area (Å²) in [7, 11) is 0. The van der Waals surface area contributed by atoms with Gasteiger partial charge >= 0.3 is 0 Å². The largest absolute Gasteiger partial charge is 0.193 e. The van der Waals surface area contributed by atoms with Gasteiger partial charge in [-0.3, -0.25) is 0 Å². The molecule has 72 valence electrons. The molecule has 0 radical (unpaired) electrons. The molecule has 0 aliphatic rings. The van der Waals surface area contributed by atoms with E-state index >= 15 is 0 Å². The number of hydrogen-bond acceptors (Lipinski definition) is 1. The second kappa shape index (κ2) is 4.11. The standard InChI is InChI=1S/C13H15N/c1-9-8-10(2)12(4)13(11(9)3)6-5-7-14/h5-6,8H,1-4H3. The molecule has 0 spiro atoms. The average Bonchev–Trinajstić information content (AvgIpc) is 2.15. The number of rotatable bonds is 1. The minimum Gasteiger partial charge on any atom is -0.193 e. The Morgan fingerprint density at radius 2 is 1.57 bits per heavy atom. The number of aryl methyl sites for hydroxylation is 2. The van der Waals surface area contributed by atoms with Crippen molar-refractivity contribution in [2.45, 2.75) is 27.7 Å². The van der Waals surface area contributed by atoms with Gasteiger partial charge in [0.2, 0.25) is 0 Å². The first kappa shape index (κ1) is 10.5. The molecule has 0 aliphatic heterocycles. The molecular formula is C13H15N. The number of allylic oxidation sites excluding steroid dienone is 1. The van der Waals surface area contributed by atoms with Crippen molar-refractivity contribution < 1.29 is 0 Å². The first-order valence-corrected chi connectivity index (χ1v) is 4.71. The summed E-state index contributed by atoms with van der Waals surface area (Å²) in [5, 5.41) is 8.51. The fraction of sp³-hybridized carbons (Fsp3) is 0.308. The molecule has 0 N–H and O–H groups in total. The van der Waals surface area contributed by atoms with E-state index in [-0.39, 0.29) is 0 Å². The predicted molar refractivity (Wildman–Crippen MR) is 60.0 cm³/mol. The Labute approximate surface area is 85.7 Å². The van der Waals surface area contributed by atoms with Crippen molar-refractivity contribution in [3.63, 3.8) is 0 Å². The maximum Gasteiger partial charge on any atom is 0.0912 e. The summed E-state index contributed by atoms with van der Waals surface area (Å²) in [6.45, 7) is 8.40. The van der Waals surface area contributed by atoms with E-state index in [0.29, 0.717) is 0 Å². The summed E-state index contributed by atoms with van der Waals surface area (Å²) in [6, 6.07) is 4.22. The predicted octanol–water partition coefficient (Wildman–Crippen LogP) is 3.46. The zero-order chi connectivity index (χ0) is 10.7. The van der Waals surface area contributed by atoms with Crippen LogP contribution >= 0.6 is 0 Å². The maximum absolute atomic E-state index is 8.51. The Morgan fingerprint density at radius 1 is 1.07 bits per heavy atom. The summed E-state index contributed by atoms with van der Waals surface area (Å²) < 4.78 is 0. The van der Waals surface area contributed by atoms with Crippen LogP contribution in [0.1, 0.15) is 27.8 Å². The Kier molecular flexibility index (Phi) is 3.09. The van der Waals surface area contributed by atoms with E-state index in [4.69, 9.17) is 5.26 Å². The molecule has 0 heterocycles. The minimum atomic E-state index is 1.18. The van der Waals surface area contributed by atoms with Crippen LogP contribution in [0.2, 0.25) is 0 Å². The highest BCUT2D eigenvalue weighted by Crippen LogP contribution is 2.22. The monoisotopic (exact) mass is 185 g/mol. The molecule has 0 fully saturated rings. The van der Waals surface area contributed by atoms with Gasteiger partial charge in [0.1, 0.15) is 0 Å². The third-order valence-electron chi connectivity index (χ3n) is 2.75. The summed E-state index contributed by atoms with van der Waals surface area (Å²) >= 11 is 0. The van der Waals surface area contributed by atoms with E-state index in [1.807, 2.05) is 12.1 Å². The SMILES string of the molecule is Cc1cc(C)c(C)c(C=CC#N)c1C. The second-order valence-electron chi connectivity index (χ2n) is 3.64. The molecule has 0 amide bonds. The normalized spacial score (nSPS) is 10.5. The zero-order valence-corrected chi connectivity index (χ0v) is 9.18. The van der Waals surface area contributed by atoms with Gasteiger partial charge < -0.3 is 0 Å². The fourth-order valence-corrected chi connectivity index (χ4v) is 1.62. The van der Waals surface area contributed by atoms with Crippen LogP contribution in [0, 0.1) is 39.0 Å². The van der Waals surface area contributed by atoms with E-state index in [1.165, 1.54) is 33.9 Å². The number of benzene rings is 1. The molecule has 0 unspecified atom stereocenters. The highest BCUT2D eigenvalue weighted by atomic mass is 14.2. The van der Waals surface area contributed by atoms with Crippen molar-refractivity contribution in [1.82, 2.24) is 0 Å². The minimum absolute atomic E-state index is 1.18. The molecule has 0 aliphatic carbocycles. The molecule has 0 atom stereocenters. The quantitative estimate of drug-likeness (QED) is 0.615. The number of nitrogens with zero attached hydrogens (tertiary/aromatic N) is 1. The van der Waals surface area contributed by atoms with E-state index in [2.05, 4.69) is 33.8 Å². The number of hydrogen-bond donors (Lipinski definition) is 0. The second-order valence-corrected chi connectivity index (χ2v) is 3.64. The van der Waals surface area contributed by atoms with Crippen molar-refractivity contribution in [3.8, 4) is 6.07 Å². The first-order valence-electron chi connectivity index (χ1n) is 4.71. The highest BCUT2D eigenvalue weighted by Gasteiger charge is 2.04. The van der Waals surface area contributed by atoms with Crippen LogP contribution in [0.25, 0.3) is 6.08 Å². The van der Waals surface area contributed by atoms with Gasteiger partial charge in [-0.25, -0.2) is 0 Å². The third-order valence-corrected chi connectivity index (χ3v) is 2.75. The third kappa shape index (κ3) is 1.85. The Hall–Kier alpha value is -1.55. The zero-order valence-electron chi connectivity index (χ0n) is 9.18. The Morgan fingerprint density at radius 3 is 2.00 bits per heavy atom. The van der Waals surface area contributed by atoms with E-state index < -0.39 is 0 Å². The van der Waals surface area contributed by atoms with Gasteiger partial charge in [0, 0.05) is 6.08 Å². The molecular weight excluding hydrogens is 170 g/mol. The van der Waals surface area contributed by atoms with Gasteiger partial charge in [-0.2, -0.15) is 5.26 Å². The van der Waals surface area contributed by atoms with Crippen molar-refractivity contribution in [1.29, 1.82) is 5.26 Å². The van der Waals surface area contributed by atoms with Crippen LogP contribution in [0.15, 0.2) is 12.1 Å². The van der Waals surface area contributed by atoms with Gasteiger partial charge in [0.05, 0.1) is 6.07 Å². The topological polar surface area (TPSA) is 23.8 Å². The first-order chi connectivity index (χ1) is 6.57. The summed E-state index contributed by atoms with van der Waals surface area (Å²) in [5.74, 6) is 0. The van der Waals surface area contributed by atoms with E-state index in [9.17, 15) is 0 Å². The molecule has 0 bridgehead atoms. The van der Waals surface area contributed by atoms with Crippen LogP contribution < -0.4 is 0 Å². The lowest BCUT2D eigenvalue weighted by Gasteiger charge is -2.11. The van der Waals surface area contributed by atoms with E-state index in [0.717, 1.165) is 0 Å². The average molecular weight is 185 g/mol. The molecule has 1 rings (SSSR count). The molecule has 1 nitrogen and oxygen atoms in total. The van der Waals surface area contributed by atoms with Crippen molar-refractivity contribution in [2.75, 3.05) is 0 Å². The lowest BCUT2D eigenvalue weighted by Crippen LogP contribution is -1.93. The molecule has 1 aromatic rings. The van der Waals surface area contributed by atoms with Crippen LogP contribution in [-0.2, 0) is 0 Å². The van der Waals surface area contributed by atoms with E-state index in [1.54, 1.807) is 0 Å². The summed E-state index contributed by atoms with van der Waals surface area (Å²) in [6.07, 6.45) is 3.43. The lowest BCUT2D eigenvalue weighted by molar-refractivity contribution is 1.23. The summed E-state index contributed by atoms with van der Waals surface area (Å²) in [5.41, 5.74) is 6.28. The van der Waals surface area contributed by atoms with Crippen molar-refractivity contribution in [3.05, 3.63) is 40.0 Å². The van der Waals surface area contributed by atoms with Gasteiger partial charge in [-0.1, -0.05) is 6.07 Å². The van der Waals surface area contributed by atoms with Gasteiger partial charge in [0.25, 0.3) is 0 Å². The molecule has 0 saturated heterocycles. The molecule has 1 heteroatoms. The van der Waals surface area contributed by atoms with Crippen LogP contribution in [0.3, 0.4) is 0 Å². The molecule has 1 aromatic carbocycles.